The lowest BCUT2D eigenvalue weighted by molar-refractivity contribution is -0.141. The Hall–Kier alpha value is -2.32. The van der Waals surface area contributed by atoms with E-state index in [4.69, 9.17) is 5.73 Å². The summed E-state index contributed by atoms with van der Waals surface area (Å²) >= 11 is 3.85. The first-order valence-electron chi connectivity index (χ1n) is 8.28. The van der Waals surface area contributed by atoms with Gasteiger partial charge in [-0.2, -0.15) is 12.6 Å². The summed E-state index contributed by atoms with van der Waals surface area (Å²) in [5.74, 6) is -2.01. The molecule has 2 rings (SSSR count). The van der Waals surface area contributed by atoms with Crippen LogP contribution in [0.4, 0.5) is 0 Å². The summed E-state index contributed by atoms with van der Waals surface area (Å²) in [5.41, 5.74) is 7.31. The molecule has 0 aliphatic heterocycles. The van der Waals surface area contributed by atoms with Gasteiger partial charge < -0.3 is 16.2 Å². The maximum Gasteiger partial charge on any atom is 0.326 e. The molecule has 0 saturated carbocycles. The SMILES string of the molecule is CC(C)[C@H](N)C(=O)n1cc(C[C@H](NC(=O)CS)C(=O)O)c2ccccc21. The molecule has 0 bridgehead atoms. The van der Waals surface area contributed by atoms with E-state index in [9.17, 15) is 19.5 Å². The Morgan fingerprint density at radius 3 is 2.50 bits per heavy atom. The maximum absolute atomic E-state index is 12.7. The monoisotopic (exact) mass is 377 g/mol. The first-order valence-corrected chi connectivity index (χ1v) is 8.91. The van der Waals surface area contributed by atoms with Gasteiger partial charge in [0.25, 0.3) is 0 Å². The van der Waals surface area contributed by atoms with Crippen molar-refractivity contribution in [2.45, 2.75) is 32.4 Å². The van der Waals surface area contributed by atoms with Crippen molar-refractivity contribution in [1.82, 2.24) is 9.88 Å². The summed E-state index contributed by atoms with van der Waals surface area (Å²) in [6, 6.07) is 5.43. The van der Waals surface area contributed by atoms with Crippen LogP contribution in [-0.4, -0.2) is 45.3 Å². The first kappa shape index (κ1) is 20.0. The Labute approximate surface area is 157 Å². The van der Waals surface area contributed by atoms with Crippen LogP contribution in [0.15, 0.2) is 30.5 Å². The minimum atomic E-state index is -1.15. The van der Waals surface area contributed by atoms with E-state index in [1.807, 2.05) is 26.0 Å². The number of carboxylic acid groups (broad SMARTS) is 1. The second-order valence-electron chi connectivity index (χ2n) is 6.47. The minimum absolute atomic E-state index is 0.0337. The van der Waals surface area contributed by atoms with Gasteiger partial charge in [-0.15, -0.1) is 0 Å². The number of carboxylic acids is 1. The van der Waals surface area contributed by atoms with Crippen molar-refractivity contribution in [2.75, 3.05) is 5.75 Å². The molecule has 0 aliphatic carbocycles. The number of amides is 1. The Morgan fingerprint density at radius 1 is 1.27 bits per heavy atom. The number of hydrogen-bond acceptors (Lipinski definition) is 5. The van der Waals surface area contributed by atoms with E-state index in [-0.39, 0.29) is 24.0 Å². The van der Waals surface area contributed by atoms with Crippen molar-refractivity contribution in [3.8, 4) is 0 Å². The van der Waals surface area contributed by atoms with Gasteiger partial charge >= 0.3 is 5.97 Å². The van der Waals surface area contributed by atoms with Gasteiger partial charge in [0.05, 0.1) is 17.3 Å². The predicted molar refractivity (Wildman–Crippen MR) is 103 cm³/mol. The van der Waals surface area contributed by atoms with Gasteiger partial charge in [-0.05, 0) is 17.5 Å². The zero-order chi connectivity index (χ0) is 19.4. The molecule has 0 unspecified atom stereocenters. The molecular weight excluding hydrogens is 354 g/mol. The van der Waals surface area contributed by atoms with Crippen molar-refractivity contribution >= 4 is 41.3 Å². The first-order chi connectivity index (χ1) is 12.3. The van der Waals surface area contributed by atoms with E-state index < -0.39 is 24.0 Å². The van der Waals surface area contributed by atoms with Crippen molar-refractivity contribution in [2.24, 2.45) is 11.7 Å². The molecule has 26 heavy (non-hydrogen) atoms. The summed E-state index contributed by atoms with van der Waals surface area (Å²) in [5, 5.41) is 12.6. The lowest BCUT2D eigenvalue weighted by Gasteiger charge is -2.15. The fourth-order valence-electron chi connectivity index (χ4n) is 2.70. The number of aromatic nitrogens is 1. The smallest absolute Gasteiger partial charge is 0.326 e. The van der Waals surface area contributed by atoms with Crippen LogP contribution in [0.25, 0.3) is 10.9 Å². The fourth-order valence-corrected chi connectivity index (χ4v) is 2.79. The molecule has 2 atom stereocenters. The fraction of sp³-hybridized carbons (Fsp3) is 0.389. The van der Waals surface area contributed by atoms with Crippen LogP contribution in [0.5, 0.6) is 0 Å². The number of carbonyl (C=O) groups is 3. The zero-order valence-electron chi connectivity index (χ0n) is 14.7. The molecule has 1 aromatic heterocycles. The molecule has 1 aromatic carbocycles. The number of fused-ring (bicyclic) bond motifs is 1. The maximum atomic E-state index is 12.7. The molecule has 0 spiro atoms. The molecule has 0 saturated heterocycles. The van der Waals surface area contributed by atoms with E-state index in [1.165, 1.54) is 4.57 Å². The van der Waals surface area contributed by atoms with Crippen LogP contribution >= 0.6 is 12.6 Å². The molecule has 0 aliphatic rings. The minimum Gasteiger partial charge on any atom is -0.480 e. The Bertz CT molecular complexity index is 831. The van der Waals surface area contributed by atoms with Gasteiger partial charge in [-0.25, -0.2) is 4.79 Å². The summed E-state index contributed by atoms with van der Waals surface area (Å²) in [7, 11) is 0. The molecule has 2 aromatic rings. The number of nitrogens with two attached hydrogens (primary N) is 1. The van der Waals surface area contributed by atoms with Crippen LogP contribution in [0.3, 0.4) is 0 Å². The number of benzene rings is 1. The van der Waals surface area contributed by atoms with Gasteiger partial charge in [-0.1, -0.05) is 32.0 Å². The van der Waals surface area contributed by atoms with E-state index in [1.54, 1.807) is 18.3 Å². The third-order valence-corrected chi connectivity index (χ3v) is 4.52. The van der Waals surface area contributed by atoms with E-state index in [2.05, 4.69) is 17.9 Å². The van der Waals surface area contributed by atoms with Crippen LogP contribution in [-0.2, 0) is 16.0 Å². The van der Waals surface area contributed by atoms with E-state index in [0.717, 1.165) is 5.39 Å². The van der Waals surface area contributed by atoms with Gasteiger partial charge in [0.15, 0.2) is 0 Å². The number of nitrogens with zero attached hydrogens (tertiary/aromatic N) is 1. The lowest BCUT2D eigenvalue weighted by Crippen LogP contribution is -2.42. The molecule has 1 amide bonds. The van der Waals surface area contributed by atoms with Crippen molar-refractivity contribution in [3.05, 3.63) is 36.0 Å². The third kappa shape index (κ3) is 4.25. The summed E-state index contributed by atoms with van der Waals surface area (Å²) < 4.78 is 1.47. The molecule has 0 radical (unpaired) electrons. The highest BCUT2D eigenvalue weighted by Crippen LogP contribution is 2.23. The molecule has 8 heteroatoms. The van der Waals surface area contributed by atoms with E-state index >= 15 is 0 Å². The van der Waals surface area contributed by atoms with Crippen LogP contribution in [0.1, 0.15) is 24.2 Å². The summed E-state index contributed by atoms with van der Waals surface area (Å²) in [6.45, 7) is 3.73. The lowest BCUT2D eigenvalue weighted by atomic mass is 10.0. The molecule has 7 nitrogen and oxygen atoms in total. The quantitative estimate of drug-likeness (QED) is 0.543. The van der Waals surface area contributed by atoms with Crippen molar-refractivity contribution < 1.29 is 19.5 Å². The second kappa shape index (κ2) is 8.37. The molecule has 1 heterocycles. The second-order valence-corrected chi connectivity index (χ2v) is 6.79. The predicted octanol–water partition coefficient (Wildman–Crippen LogP) is 1.31. The van der Waals surface area contributed by atoms with Gasteiger partial charge in [0.2, 0.25) is 11.8 Å². The van der Waals surface area contributed by atoms with Gasteiger partial charge in [0, 0.05) is 18.0 Å². The number of carbonyl (C=O) groups excluding carboxylic acids is 2. The highest BCUT2D eigenvalue weighted by molar-refractivity contribution is 7.81. The van der Waals surface area contributed by atoms with Crippen LogP contribution < -0.4 is 11.1 Å². The molecule has 0 fully saturated rings. The normalized spacial score (nSPS) is 13.6. The highest BCUT2D eigenvalue weighted by Gasteiger charge is 2.25. The average molecular weight is 377 g/mol. The zero-order valence-corrected chi connectivity index (χ0v) is 15.6. The number of hydrogen-bond donors (Lipinski definition) is 4. The Kier molecular flexibility index (Phi) is 6.44. The Balaban J connectivity index is 2.43. The summed E-state index contributed by atoms with van der Waals surface area (Å²) in [6.07, 6.45) is 1.66. The van der Waals surface area contributed by atoms with Crippen molar-refractivity contribution in [1.29, 1.82) is 0 Å². The number of aliphatic carboxylic acids is 1. The third-order valence-electron chi connectivity index (χ3n) is 4.24. The van der Waals surface area contributed by atoms with Crippen molar-refractivity contribution in [3.63, 3.8) is 0 Å². The molecule has 140 valence electrons. The highest BCUT2D eigenvalue weighted by atomic mass is 32.1. The standard InChI is InChI=1S/C18H23N3O4S/c1-10(2)16(19)17(23)21-8-11(12-5-3-4-6-14(12)21)7-13(18(24)25)20-15(22)9-26/h3-6,8,10,13,16,26H,7,9,19H2,1-2H3,(H,20,22)(H,24,25)/t13-,16-/m0/s1. The van der Waals surface area contributed by atoms with Gasteiger partial charge in [-0.3, -0.25) is 14.2 Å². The number of rotatable bonds is 7. The largest absolute Gasteiger partial charge is 0.480 e. The van der Waals surface area contributed by atoms with Gasteiger partial charge in [0.1, 0.15) is 6.04 Å². The molecule has 4 N–H and O–H groups in total. The Morgan fingerprint density at radius 2 is 1.92 bits per heavy atom. The number of nitrogens with one attached hydrogen (secondary N) is 1. The van der Waals surface area contributed by atoms with Crippen LogP contribution in [0.2, 0.25) is 0 Å². The van der Waals surface area contributed by atoms with Crippen LogP contribution in [0, 0.1) is 5.92 Å². The topological polar surface area (TPSA) is 114 Å². The number of para-hydroxylation sites is 1. The summed E-state index contributed by atoms with van der Waals surface area (Å²) in [4.78, 5) is 35.7. The number of thiol groups is 1. The average Bonchev–Trinajstić information content (AvgIpc) is 2.98. The molecular formula is C18H23N3O4S. The van der Waals surface area contributed by atoms with E-state index in [0.29, 0.717) is 11.1 Å².